The number of benzene rings is 12. The first-order chi connectivity index (χ1) is 69.4. The van der Waals surface area contributed by atoms with Gasteiger partial charge < -0.3 is 0 Å². The first-order valence-corrected chi connectivity index (χ1v) is 48.2. The summed E-state index contributed by atoms with van der Waals surface area (Å²) in [5, 5.41) is 14.3. The molecule has 0 spiro atoms. The largest absolute Gasteiger partial charge is 0.290 e. The first kappa shape index (κ1) is 75.1. The van der Waals surface area contributed by atoms with E-state index in [0.717, 1.165) is 162 Å². The smallest absolute Gasteiger partial charge is 0.178 e. The molecule has 8 aliphatic carbocycles. The van der Waals surface area contributed by atoms with Crippen molar-refractivity contribution in [1.29, 1.82) is 0 Å². The van der Waals surface area contributed by atoms with Crippen LogP contribution in [-0.2, 0) is 51.4 Å². The second-order valence-electron chi connectivity index (χ2n) is 38.7. The van der Waals surface area contributed by atoms with Gasteiger partial charge in [0, 0.05) is 124 Å². The van der Waals surface area contributed by atoms with Gasteiger partial charge in [-0.15, -0.1) is 0 Å². The van der Waals surface area contributed by atoms with Crippen molar-refractivity contribution in [3.8, 4) is 89.0 Å². The molecular formula is C124H72N16. The van der Waals surface area contributed by atoms with Crippen molar-refractivity contribution < 1.29 is 0 Å². The normalized spacial score (nSPS) is 13.5. The summed E-state index contributed by atoms with van der Waals surface area (Å²) >= 11 is 0. The van der Waals surface area contributed by atoms with Crippen LogP contribution in [0.25, 0.3) is 243 Å². The zero-order valence-electron chi connectivity index (χ0n) is 75.1. The highest BCUT2D eigenvalue weighted by atomic mass is 15.1. The molecule has 0 N–H and O–H groups in total. The summed E-state index contributed by atoms with van der Waals surface area (Å²) in [6.45, 7) is 0. The Morgan fingerprint density at radius 3 is 0.914 bits per heavy atom. The molecule has 36 rings (SSSR count). The van der Waals surface area contributed by atoms with Crippen LogP contribution >= 0.6 is 0 Å². The zero-order chi connectivity index (χ0) is 90.7. The van der Waals surface area contributed by atoms with Gasteiger partial charge in [0.05, 0.1) is 44.1 Å². The topological polar surface area (TPSA) is 172 Å². The van der Waals surface area contributed by atoms with Crippen LogP contribution < -0.4 is 0 Å². The van der Waals surface area contributed by atoms with Crippen LogP contribution in [0.3, 0.4) is 0 Å². The van der Waals surface area contributed by atoms with Crippen molar-refractivity contribution in [2.75, 3.05) is 0 Å². The molecule has 0 radical (unpaired) electrons. The summed E-state index contributed by atoms with van der Waals surface area (Å²) < 4.78 is 9.07. The van der Waals surface area contributed by atoms with Crippen LogP contribution in [0.5, 0.6) is 0 Å². The Balaban J connectivity index is 0.0000000829. The number of nitrogens with zero attached hydrogens (tertiary/aromatic N) is 16. The number of aromatic nitrogens is 16. The molecule has 8 aliphatic rings. The molecule has 16 heterocycles. The van der Waals surface area contributed by atoms with Crippen molar-refractivity contribution in [3.63, 3.8) is 0 Å². The van der Waals surface area contributed by atoms with Crippen LogP contribution in [0.15, 0.2) is 341 Å². The van der Waals surface area contributed by atoms with E-state index in [1.807, 2.05) is 98.6 Å². The molecule has 0 aliphatic heterocycles. The lowest BCUT2D eigenvalue weighted by atomic mass is 9.94. The number of fused-ring (bicyclic) bond motifs is 63. The Morgan fingerprint density at radius 1 is 0.171 bits per heavy atom. The van der Waals surface area contributed by atoms with E-state index in [9.17, 15) is 0 Å². The van der Waals surface area contributed by atoms with E-state index >= 15 is 0 Å². The molecule has 0 bridgehead atoms. The predicted octanol–water partition coefficient (Wildman–Crippen LogP) is 26.9. The third kappa shape index (κ3) is 10.1. The molecule has 0 saturated heterocycles. The molecular weight excluding hydrogens is 1710 g/mol. The second kappa shape index (κ2) is 27.7. The van der Waals surface area contributed by atoms with E-state index < -0.39 is 0 Å². The third-order valence-corrected chi connectivity index (χ3v) is 32.0. The molecule has 140 heavy (non-hydrogen) atoms. The maximum absolute atomic E-state index is 5.07. The van der Waals surface area contributed by atoms with Crippen molar-refractivity contribution in [2.45, 2.75) is 51.4 Å². The third-order valence-electron chi connectivity index (χ3n) is 32.0. The van der Waals surface area contributed by atoms with Gasteiger partial charge >= 0.3 is 0 Å². The number of imidazole rings is 4. The molecule has 0 amide bonds. The van der Waals surface area contributed by atoms with E-state index in [-0.39, 0.29) is 0 Å². The minimum absolute atomic E-state index is 0.779. The quantitative estimate of drug-likeness (QED) is 0.132. The van der Waals surface area contributed by atoms with Crippen molar-refractivity contribution in [2.24, 2.45) is 0 Å². The van der Waals surface area contributed by atoms with E-state index in [0.29, 0.717) is 0 Å². The van der Waals surface area contributed by atoms with Crippen LogP contribution in [0.1, 0.15) is 89.0 Å². The maximum atomic E-state index is 5.07. The SMILES string of the molecule is c1ccc2c(c1)Cc1c-2ccc2c1-c1ccc3c4cnccc4n4c5cccnc5nc4c3c1C2.c1ccc2c(c1)Cc1c-2ccc2c1Cc1c-2ccc2c3cnccc3n3c4cccnc4nc3c12.c1ccc2c(c1)Cc1cc3c(cc1-2)Cc1c-3ccc2c3cnccc3n3c4cccnc4nc3c12.c1ccc2c(c1)Cc1ccc3c(c1-2)Cc1c-3ccc2c3cnccc3n3c4cccnc4nc3c12. The van der Waals surface area contributed by atoms with Gasteiger partial charge in [0.25, 0.3) is 0 Å². The minimum Gasteiger partial charge on any atom is -0.290 e. The van der Waals surface area contributed by atoms with Gasteiger partial charge in [0.2, 0.25) is 0 Å². The summed E-state index contributed by atoms with van der Waals surface area (Å²) in [5.41, 5.74) is 60.4. The molecule has 16 nitrogen and oxygen atoms in total. The first-order valence-electron chi connectivity index (χ1n) is 48.2. The molecule has 16 aromatic heterocycles. The van der Waals surface area contributed by atoms with E-state index in [4.69, 9.17) is 19.9 Å². The fourth-order valence-corrected chi connectivity index (χ4v) is 26.3. The number of hydrogen-bond acceptors (Lipinski definition) is 12. The number of hydrogen-bond donors (Lipinski definition) is 0. The number of rotatable bonds is 0. The average Bonchev–Trinajstić information content (AvgIpc) is 1.55. The molecule has 648 valence electrons. The fraction of sp³-hybridized carbons (Fsp3) is 0.0645. The summed E-state index contributed by atoms with van der Waals surface area (Å²) in [5.74, 6) is 0. The van der Waals surface area contributed by atoms with Gasteiger partial charge in [-0.25, -0.2) is 39.9 Å². The highest BCUT2D eigenvalue weighted by Crippen LogP contribution is 2.56. The van der Waals surface area contributed by atoms with Gasteiger partial charge in [-0.1, -0.05) is 182 Å². The summed E-state index contributed by atoms with van der Waals surface area (Å²) in [6.07, 6.45) is 30.4. The van der Waals surface area contributed by atoms with Gasteiger partial charge in [-0.2, -0.15) is 0 Å². The van der Waals surface area contributed by atoms with Gasteiger partial charge in [0.15, 0.2) is 22.6 Å². The summed E-state index contributed by atoms with van der Waals surface area (Å²) in [6, 6.07) is 97.2. The van der Waals surface area contributed by atoms with Gasteiger partial charge in [-0.3, -0.25) is 37.5 Å². The number of pyridine rings is 12. The lowest BCUT2D eigenvalue weighted by Gasteiger charge is -2.13. The van der Waals surface area contributed by atoms with Crippen LogP contribution in [0.2, 0.25) is 0 Å². The molecule has 12 aromatic carbocycles. The summed E-state index contributed by atoms with van der Waals surface area (Å²) in [4.78, 5) is 56.6. The van der Waals surface area contributed by atoms with Crippen molar-refractivity contribution in [1.82, 2.24) is 77.4 Å². The van der Waals surface area contributed by atoms with Gasteiger partial charge in [0.1, 0.15) is 22.6 Å². The standard InChI is InChI=1S/4C31H18N4/c1-2-5-19-17(4-1)14-23-20(19)8-7-18-15-24-21(28(18)23)9-10-22-25-16-32-13-11-26(25)35-27-6-3-12-33-30(27)34-31(35)29(22)24;1-2-5-19-17(4-1)14-18-7-8-20-21-9-10-22-25-16-32-13-11-26(25)35-27-6-3-12-33-30(27)34-31(35)29(22)24(21)15-23(20)28(18)19;1-2-5-18-17(4-1)14-23-19(18)7-8-20-21-9-10-22-26-16-32-13-11-27(26)35-28-6-3-12-33-30(28)34-31(35)29(22)25(21)15-24(20)23;1-2-5-20-17(4-1)12-18-13-24-19(14-23(18)20)15-25-21(24)7-8-22-26-16-32-11-9-27(26)35-28-6-3-10-33-30(28)34-31(35)29(22)25/h3*1-13,16H,14-15H2;1-11,13-14,16H,12,15H2. The molecule has 0 fully saturated rings. The molecule has 28 aromatic rings. The minimum atomic E-state index is 0.779. The Bertz CT molecular complexity index is 10600. The Hall–Kier alpha value is -18.3. The summed E-state index contributed by atoms with van der Waals surface area (Å²) in [7, 11) is 0. The van der Waals surface area contributed by atoms with Crippen LogP contribution in [0.4, 0.5) is 0 Å². The van der Waals surface area contributed by atoms with E-state index in [2.05, 4.69) is 300 Å². The van der Waals surface area contributed by atoms with E-state index in [1.54, 1.807) is 0 Å². The molecule has 0 unspecified atom stereocenters. The molecule has 0 atom stereocenters. The Morgan fingerprint density at radius 2 is 0.450 bits per heavy atom. The fourth-order valence-electron chi connectivity index (χ4n) is 26.3. The maximum Gasteiger partial charge on any atom is 0.178 e. The zero-order valence-corrected chi connectivity index (χ0v) is 75.1. The lowest BCUT2D eigenvalue weighted by molar-refractivity contribution is 1.17. The Labute approximate surface area is 796 Å². The molecule has 0 saturated carbocycles. The Kier molecular flexibility index (Phi) is 14.9. The average molecular weight is 1790 g/mol. The van der Waals surface area contributed by atoms with Crippen molar-refractivity contribution >= 4 is 154 Å². The highest BCUT2D eigenvalue weighted by molar-refractivity contribution is 6.22. The van der Waals surface area contributed by atoms with Crippen LogP contribution in [0, 0.1) is 0 Å². The van der Waals surface area contributed by atoms with E-state index in [1.165, 1.54) is 221 Å². The lowest BCUT2D eigenvalue weighted by Crippen LogP contribution is -1.95. The monoisotopic (exact) mass is 1780 g/mol. The second-order valence-corrected chi connectivity index (χ2v) is 38.7. The predicted molar refractivity (Wildman–Crippen MR) is 559 cm³/mol. The van der Waals surface area contributed by atoms with Crippen LogP contribution in [-0.4, -0.2) is 77.4 Å². The molecule has 16 heteroatoms. The van der Waals surface area contributed by atoms with Gasteiger partial charge in [-0.05, 0) is 329 Å². The highest BCUT2D eigenvalue weighted by Gasteiger charge is 2.37. The van der Waals surface area contributed by atoms with Crippen molar-refractivity contribution in [3.05, 3.63) is 430 Å².